The number of aromatic nitrogens is 1. The van der Waals surface area contributed by atoms with E-state index in [0.29, 0.717) is 5.44 Å². The molecule has 5 rings (SSSR count). The Bertz CT molecular complexity index is 1250. The predicted molar refractivity (Wildman–Crippen MR) is 119 cm³/mol. The monoisotopic (exact) mass is 379 g/mol. The van der Waals surface area contributed by atoms with Crippen LogP contribution in [0.2, 0.25) is 0 Å². The SMILES string of the molecule is O=P(c1ccccn1)(c1cccc2ccccc12)c1cccc2ccccc12. The Morgan fingerprint density at radius 1 is 0.536 bits per heavy atom. The zero-order valence-corrected chi connectivity index (χ0v) is 16.1. The van der Waals surface area contributed by atoms with Gasteiger partial charge in [0.05, 0.1) is 0 Å². The van der Waals surface area contributed by atoms with Crippen LogP contribution in [0.1, 0.15) is 0 Å². The zero-order valence-electron chi connectivity index (χ0n) is 15.2. The number of benzene rings is 4. The first-order valence-electron chi connectivity index (χ1n) is 9.27. The van der Waals surface area contributed by atoms with Gasteiger partial charge in [0.25, 0.3) is 0 Å². The fourth-order valence-corrected chi connectivity index (χ4v) is 6.84. The number of rotatable bonds is 3. The quantitative estimate of drug-likeness (QED) is 0.412. The second-order valence-corrected chi connectivity index (χ2v) is 9.43. The Hall–Kier alpha value is -3.22. The molecule has 134 valence electrons. The van der Waals surface area contributed by atoms with E-state index in [1.165, 1.54) is 0 Å². The third-order valence-corrected chi connectivity index (χ3v) is 8.23. The fourth-order valence-electron chi connectivity index (χ4n) is 3.88. The molecule has 5 aromatic rings. The molecule has 0 unspecified atom stereocenters. The second kappa shape index (κ2) is 6.74. The summed E-state index contributed by atoms with van der Waals surface area (Å²) >= 11 is 0. The molecule has 0 aliphatic carbocycles. The lowest BCUT2D eigenvalue weighted by Crippen LogP contribution is -2.27. The Morgan fingerprint density at radius 2 is 1.04 bits per heavy atom. The Labute approximate surface area is 163 Å². The minimum Gasteiger partial charge on any atom is -0.307 e. The van der Waals surface area contributed by atoms with Gasteiger partial charge >= 0.3 is 0 Å². The molecule has 4 aromatic carbocycles. The molecule has 0 atom stereocenters. The minimum atomic E-state index is -3.18. The smallest absolute Gasteiger partial charge is 0.189 e. The maximum atomic E-state index is 15.0. The van der Waals surface area contributed by atoms with Crippen LogP contribution in [0.15, 0.2) is 109 Å². The summed E-state index contributed by atoms with van der Waals surface area (Å²) in [4.78, 5) is 4.55. The van der Waals surface area contributed by atoms with E-state index in [0.717, 1.165) is 32.2 Å². The Morgan fingerprint density at radius 3 is 1.57 bits per heavy atom. The highest BCUT2D eigenvalue weighted by Gasteiger charge is 2.33. The predicted octanol–water partition coefficient (Wildman–Crippen LogP) is 5.03. The van der Waals surface area contributed by atoms with E-state index in [9.17, 15) is 4.57 Å². The van der Waals surface area contributed by atoms with Crippen LogP contribution in [0, 0.1) is 0 Å². The van der Waals surface area contributed by atoms with Crippen molar-refractivity contribution < 1.29 is 4.57 Å². The number of hydrogen-bond acceptors (Lipinski definition) is 2. The van der Waals surface area contributed by atoms with Crippen LogP contribution in [-0.4, -0.2) is 4.98 Å². The zero-order chi connectivity index (χ0) is 19.0. The molecule has 0 spiro atoms. The molecule has 0 saturated heterocycles. The second-order valence-electron chi connectivity index (χ2n) is 6.79. The molecule has 0 aliphatic rings. The van der Waals surface area contributed by atoms with Crippen LogP contribution in [0.5, 0.6) is 0 Å². The van der Waals surface area contributed by atoms with Crippen molar-refractivity contribution in [2.45, 2.75) is 0 Å². The van der Waals surface area contributed by atoms with E-state index < -0.39 is 7.14 Å². The van der Waals surface area contributed by atoms with E-state index in [4.69, 9.17) is 0 Å². The van der Waals surface area contributed by atoms with Gasteiger partial charge in [0, 0.05) is 16.8 Å². The minimum absolute atomic E-state index is 0.614. The van der Waals surface area contributed by atoms with E-state index in [1.54, 1.807) is 6.20 Å². The van der Waals surface area contributed by atoms with Gasteiger partial charge in [0.2, 0.25) is 0 Å². The first kappa shape index (κ1) is 16.9. The maximum Gasteiger partial charge on any atom is 0.189 e. The highest BCUT2D eigenvalue weighted by molar-refractivity contribution is 7.85. The van der Waals surface area contributed by atoms with Crippen molar-refractivity contribution in [1.82, 2.24) is 4.98 Å². The molecular weight excluding hydrogens is 361 g/mol. The van der Waals surface area contributed by atoms with Gasteiger partial charge < -0.3 is 4.57 Å². The van der Waals surface area contributed by atoms with E-state index >= 15 is 0 Å². The van der Waals surface area contributed by atoms with Crippen molar-refractivity contribution in [2.75, 3.05) is 0 Å². The summed E-state index contributed by atoms with van der Waals surface area (Å²) in [6.45, 7) is 0. The van der Waals surface area contributed by atoms with Gasteiger partial charge in [-0.15, -0.1) is 0 Å². The number of fused-ring (bicyclic) bond motifs is 2. The summed E-state index contributed by atoms with van der Waals surface area (Å²) in [5.41, 5.74) is 0.614. The van der Waals surface area contributed by atoms with Crippen molar-refractivity contribution in [3.63, 3.8) is 0 Å². The van der Waals surface area contributed by atoms with Crippen molar-refractivity contribution in [2.24, 2.45) is 0 Å². The lowest BCUT2D eigenvalue weighted by Gasteiger charge is -2.22. The van der Waals surface area contributed by atoms with Crippen LogP contribution in [0.3, 0.4) is 0 Å². The lowest BCUT2D eigenvalue weighted by atomic mass is 10.1. The van der Waals surface area contributed by atoms with Gasteiger partial charge in [-0.2, -0.15) is 0 Å². The molecule has 1 heterocycles. The molecule has 0 saturated carbocycles. The first-order valence-corrected chi connectivity index (χ1v) is 11.0. The number of pyridine rings is 1. The third kappa shape index (κ3) is 2.58. The van der Waals surface area contributed by atoms with Gasteiger partial charge in [0.15, 0.2) is 7.14 Å². The summed E-state index contributed by atoms with van der Waals surface area (Å²) in [7, 11) is -3.18. The molecule has 2 nitrogen and oxygen atoms in total. The summed E-state index contributed by atoms with van der Waals surface area (Å²) < 4.78 is 15.0. The van der Waals surface area contributed by atoms with Crippen LogP contribution < -0.4 is 16.0 Å². The molecule has 28 heavy (non-hydrogen) atoms. The molecule has 0 aliphatic heterocycles. The summed E-state index contributed by atoms with van der Waals surface area (Å²) in [6.07, 6.45) is 1.72. The molecule has 0 bridgehead atoms. The van der Waals surface area contributed by atoms with Crippen molar-refractivity contribution >= 4 is 44.7 Å². The largest absolute Gasteiger partial charge is 0.307 e. The molecule has 0 radical (unpaired) electrons. The van der Waals surface area contributed by atoms with Gasteiger partial charge in [0.1, 0.15) is 5.44 Å². The van der Waals surface area contributed by atoms with Gasteiger partial charge in [-0.25, -0.2) is 0 Å². The van der Waals surface area contributed by atoms with Crippen molar-refractivity contribution in [3.05, 3.63) is 109 Å². The average molecular weight is 379 g/mol. The first-order chi connectivity index (χ1) is 13.8. The van der Waals surface area contributed by atoms with Crippen LogP contribution in [0.25, 0.3) is 21.5 Å². The van der Waals surface area contributed by atoms with Crippen LogP contribution >= 0.6 is 7.14 Å². The number of nitrogens with zero attached hydrogens (tertiary/aromatic N) is 1. The topological polar surface area (TPSA) is 30.0 Å². The van der Waals surface area contributed by atoms with E-state index in [2.05, 4.69) is 29.2 Å². The lowest BCUT2D eigenvalue weighted by molar-refractivity contribution is 0.592. The van der Waals surface area contributed by atoms with Crippen LogP contribution in [-0.2, 0) is 4.57 Å². The van der Waals surface area contributed by atoms with E-state index in [1.807, 2.05) is 78.9 Å². The Balaban J connectivity index is 1.94. The fraction of sp³-hybridized carbons (Fsp3) is 0. The summed E-state index contributed by atoms with van der Waals surface area (Å²) in [5.74, 6) is 0. The van der Waals surface area contributed by atoms with E-state index in [-0.39, 0.29) is 0 Å². The maximum absolute atomic E-state index is 15.0. The third-order valence-electron chi connectivity index (χ3n) is 5.18. The molecular formula is C25H18NOP. The Kier molecular flexibility index (Phi) is 4.07. The summed E-state index contributed by atoms with van der Waals surface area (Å²) in [6, 6.07) is 33.9. The summed E-state index contributed by atoms with van der Waals surface area (Å²) in [5, 5.41) is 5.84. The van der Waals surface area contributed by atoms with Gasteiger partial charge in [-0.05, 0) is 33.7 Å². The number of hydrogen-bond donors (Lipinski definition) is 0. The average Bonchev–Trinajstić information content (AvgIpc) is 2.78. The standard InChI is InChI=1S/C25H18NOP/c27-28(25-17-5-6-18-26-25,23-15-7-11-19-9-1-3-13-21(19)23)24-16-8-12-20-10-2-4-14-22(20)24/h1-18H. The van der Waals surface area contributed by atoms with Gasteiger partial charge in [-0.3, -0.25) is 4.98 Å². The highest BCUT2D eigenvalue weighted by atomic mass is 31.2. The normalized spacial score (nSPS) is 11.7. The molecule has 3 heteroatoms. The van der Waals surface area contributed by atoms with Gasteiger partial charge in [-0.1, -0.05) is 91.0 Å². The molecule has 0 amide bonds. The van der Waals surface area contributed by atoms with Crippen molar-refractivity contribution in [1.29, 1.82) is 0 Å². The van der Waals surface area contributed by atoms with Crippen molar-refractivity contribution in [3.8, 4) is 0 Å². The van der Waals surface area contributed by atoms with Crippen LogP contribution in [0.4, 0.5) is 0 Å². The molecule has 0 N–H and O–H groups in total. The highest BCUT2D eigenvalue weighted by Crippen LogP contribution is 2.45. The molecule has 0 fully saturated rings. The molecule has 1 aromatic heterocycles.